The first kappa shape index (κ1) is 26.1. The molecule has 0 aromatic heterocycles. The Hall–Kier alpha value is -1.92. The monoisotopic (exact) mass is 467 g/mol. The van der Waals surface area contributed by atoms with Gasteiger partial charge in [-0.3, -0.25) is 24.3 Å². The summed E-state index contributed by atoms with van der Waals surface area (Å²) in [5, 5.41) is 34.1. The summed E-state index contributed by atoms with van der Waals surface area (Å²) < 4.78 is 0. The van der Waals surface area contributed by atoms with Gasteiger partial charge in [0, 0.05) is 36.4 Å². The van der Waals surface area contributed by atoms with Crippen LogP contribution >= 0.6 is 0 Å². The Kier molecular flexibility index (Phi) is 11.7. The van der Waals surface area contributed by atoms with Crippen LogP contribution < -0.4 is 5.11 Å². The van der Waals surface area contributed by atoms with Gasteiger partial charge in [-0.15, -0.1) is 5.70 Å². The molecule has 0 aromatic rings. The normalized spacial score (nSPS) is 22.1. The molecule has 1 unspecified atom stereocenters. The first-order valence-electron chi connectivity index (χ1n) is 9.70. The summed E-state index contributed by atoms with van der Waals surface area (Å²) in [6, 6.07) is -0.223. The molecule has 2 aliphatic rings. The van der Waals surface area contributed by atoms with Gasteiger partial charge in [-0.1, -0.05) is 24.3 Å². The van der Waals surface area contributed by atoms with Crippen molar-refractivity contribution in [3.8, 4) is 0 Å². The van der Waals surface area contributed by atoms with Crippen molar-refractivity contribution in [2.75, 3.05) is 58.9 Å². The summed E-state index contributed by atoms with van der Waals surface area (Å²) >= 11 is 0. The van der Waals surface area contributed by atoms with Gasteiger partial charge in [0.1, 0.15) is 0 Å². The minimum atomic E-state index is -1.17. The fourth-order valence-electron chi connectivity index (χ4n) is 3.60. The zero-order chi connectivity index (χ0) is 21.2. The molecule has 30 heavy (non-hydrogen) atoms. The first-order chi connectivity index (χ1) is 13.8. The van der Waals surface area contributed by atoms with E-state index in [9.17, 15) is 24.6 Å². The Balaban J connectivity index is 0.00000450. The fraction of sp³-hybridized carbons (Fsp3) is 0.632. The number of aliphatic carboxylic acids is 3. The van der Waals surface area contributed by atoms with Gasteiger partial charge in [0.25, 0.3) is 0 Å². The van der Waals surface area contributed by atoms with Crippen LogP contribution in [0.4, 0.5) is 0 Å². The van der Waals surface area contributed by atoms with Gasteiger partial charge >= 0.3 is 11.9 Å². The number of nitrogens with zero attached hydrogens (tertiary/aromatic N) is 4. The molecule has 2 aliphatic heterocycles. The summed E-state index contributed by atoms with van der Waals surface area (Å²) in [5.74, 6) is -3.03. The molecule has 2 bridgehead atoms. The second kappa shape index (κ2) is 13.4. The Morgan fingerprint density at radius 1 is 0.967 bits per heavy atom. The molecule has 1 saturated heterocycles. The van der Waals surface area contributed by atoms with E-state index in [0.717, 1.165) is 5.70 Å². The van der Waals surface area contributed by atoms with Crippen molar-refractivity contribution >= 4 is 17.9 Å². The van der Waals surface area contributed by atoms with Crippen LogP contribution in [-0.4, -0.2) is 108 Å². The number of carbonyl (C=O) groups excluding carboxylic acids is 1. The largest absolute Gasteiger partial charge is 0.680 e. The molecule has 10 nitrogen and oxygen atoms in total. The van der Waals surface area contributed by atoms with E-state index in [1.807, 2.05) is 18.2 Å². The summed E-state index contributed by atoms with van der Waals surface area (Å²) in [7, 11) is 0. The number of fused-ring (bicyclic) bond motifs is 2. The first-order valence-corrected chi connectivity index (χ1v) is 9.70. The molecular formula is C19H28CoN4O6-2. The average Bonchev–Trinajstić information content (AvgIpc) is 2.59. The van der Waals surface area contributed by atoms with E-state index in [0.29, 0.717) is 52.1 Å². The van der Waals surface area contributed by atoms with Crippen molar-refractivity contribution in [3.05, 3.63) is 29.2 Å². The Labute approximate surface area is 186 Å². The quantitative estimate of drug-likeness (QED) is 0.493. The zero-order valence-electron chi connectivity index (χ0n) is 16.7. The fourth-order valence-corrected chi connectivity index (χ4v) is 3.60. The van der Waals surface area contributed by atoms with Crippen LogP contribution in [0.1, 0.15) is 12.8 Å². The van der Waals surface area contributed by atoms with Crippen LogP contribution in [0.2, 0.25) is 0 Å². The van der Waals surface area contributed by atoms with Crippen molar-refractivity contribution < 1.29 is 46.5 Å². The van der Waals surface area contributed by atoms with Gasteiger partial charge in [0.05, 0.1) is 19.1 Å². The van der Waals surface area contributed by atoms with Crippen LogP contribution in [0, 0.1) is 0 Å². The van der Waals surface area contributed by atoms with E-state index >= 15 is 0 Å². The van der Waals surface area contributed by atoms with Crippen LogP contribution in [0.15, 0.2) is 23.9 Å². The summed E-state index contributed by atoms with van der Waals surface area (Å²) in [6.07, 6.45) is 6.81. The van der Waals surface area contributed by atoms with E-state index in [2.05, 4.69) is 5.32 Å². The van der Waals surface area contributed by atoms with Crippen LogP contribution in [0.5, 0.6) is 0 Å². The Bertz CT molecular complexity index is 657. The smallest absolute Gasteiger partial charge is 0.317 e. The zero-order valence-corrected chi connectivity index (χ0v) is 17.8. The molecule has 2 heterocycles. The number of allylic oxidation sites excluding steroid dienone is 2. The molecule has 0 spiro atoms. The van der Waals surface area contributed by atoms with E-state index < -0.39 is 17.9 Å². The molecule has 1 atom stereocenters. The van der Waals surface area contributed by atoms with Gasteiger partial charge in [-0.2, -0.15) is 0 Å². The summed E-state index contributed by atoms with van der Waals surface area (Å²) in [6.45, 7) is 2.35. The topological polar surface area (TPSA) is 139 Å². The van der Waals surface area contributed by atoms with Crippen molar-refractivity contribution in [2.24, 2.45) is 0 Å². The number of carboxylic acid groups (broad SMARTS) is 3. The van der Waals surface area contributed by atoms with Crippen LogP contribution in [0.25, 0.3) is 5.32 Å². The SMILES string of the molecule is O=C([O-])CN1CCCN(CC(=O)O)CCCN(CC(=O)O)CC2=CC=CC(C1)[N-]2.[Co]. The van der Waals surface area contributed by atoms with E-state index in [-0.39, 0.29) is 42.5 Å². The molecule has 2 rings (SSSR count). The average molecular weight is 467 g/mol. The van der Waals surface area contributed by atoms with Gasteiger partial charge in [0.15, 0.2) is 0 Å². The maximum Gasteiger partial charge on any atom is 0.317 e. The predicted molar refractivity (Wildman–Crippen MR) is 103 cm³/mol. The number of rotatable bonds is 6. The summed E-state index contributed by atoms with van der Waals surface area (Å²) in [5.41, 5.74) is 0.742. The standard InChI is InChI=1S/C19H29N4O6.Co/c24-17(25)12-21-6-2-8-22(13-18(26)27)10-15-4-1-5-16(20-15)11-23(9-3-7-21)14-19(28)29;/h1,4-5,15H,2-3,6-14H2,(H,24,25)(H,26,27)(H,28,29);/q-1;/p-1. The maximum atomic E-state index is 11.2. The summed E-state index contributed by atoms with van der Waals surface area (Å²) in [4.78, 5) is 38.8. The predicted octanol–water partition coefficient (Wildman–Crippen LogP) is -1.20. The van der Waals surface area contributed by atoms with Crippen LogP contribution in [-0.2, 0) is 31.2 Å². The minimum absolute atomic E-state index is 0. The Morgan fingerprint density at radius 2 is 1.53 bits per heavy atom. The van der Waals surface area contributed by atoms with Crippen molar-refractivity contribution in [1.29, 1.82) is 0 Å². The molecule has 0 aromatic carbocycles. The molecular weight excluding hydrogens is 439 g/mol. The Morgan fingerprint density at radius 3 is 2.13 bits per heavy atom. The van der Waals surface area contributed by atoms with Gasteiger partial charge in [-0.25, -0.2) is 0 Å². The minimum Gasteiger partial charge on any atom is -0.680 e. The number of hydrogen-bond donors (Lipinski definition) is 2. The maximum absolute atomic E-state index is 11.2. The van der Waals surface area contributed by atoms with Gasteiger partial charge in [-0.05, 0) is 39.0 Å². The van der Waals surface area contributed by atoms with E-state index in [4.69, 9.17) is 5.11 Å². The third kappa shape index (κ3) is 10.2. The van der Waals surface area contributed by atoms with Crippen molar-refractivity contribution in [1.82, 2.24) is 14.7 Å². The third-order valence-corrected chi connectivity index (χ3v) is 4.75. The molecule has 2 N–H and O–H groups in total. The van der Waals surface area contributed by atoms with Gasteiger partial charge < -0.3 is 25.4 Å². The van der Waals surface area contributed by atoms with Crippen molar-refractivity contribution in [2.45, 2.75) is 18.9 Å². The third-order valence-electron chi connectivity index (χ3n) is 4.75. The number of carbonyl (C=O) groups is 3. The number of carboxylic acids is 3. The van der Waals surface area contributed by atoms with E-state index in [1.165, 1.54) is 0 Å². The molecule has 11 heteroatoms. The van der Waals surface area contributed by atoms with E-state index in [1.54, 1.807) is 14.7 Å². The second-order valence-corrected chi connectivity index (χ2v) is 7.33. The molecule has 0 aliphatic carbocycles. The molecule has 1 radical (unpaired) electrons. The number of hydrogen-bond acceptors (Lipinski definition) is 7. The van der Waals surface area contributed by atoms with Crippen molar-refractivity contribution in [3.63, 3.8) is 0 Å². The molecule has 0 amide bonds. The molecule has 1 fully saturated rings. The molecule has 0 saturated carbocycles. The van der Waals surface area contributed by atoms with Gasteiger partial charge in [0.2, 0.25) is 0 Å². The molecule has 171 valence electrons. The van der Waals surface area contributed by atoms with Crippen LogP contribution in [0.3, 0.4) is 0 Å². The second-order valence-electron chi connectivity index (χ2n) is 7.33.